The van der Waals surface area contributed by atoms with Gasteiger partial charge in [0.25, 0.3) is 0 Å². The van der Waals surface area contributed by atoms with Gasteiger partial charge in [-0.2, -0.15) is 13.2 Å². The molecule has 8 heteroatoms. The molecule has 0 aliphatic rings. The summed E-state index contributed by atoms with van der Waals surface area (Å²) in [6.45, 7) is -0.00653. The van der Waals surface area contributed by atoms with Gasteiger partial charge in [-0.15, -0.1) is 0 Å². The third-order valence-electron chi connectivity index (χ3n) is 2.88. The van der Waals surface area contributed by atoms with E-state index in [1.807, 2.05) is 0 Å². The molecule has 1 rings (SSSR count). The molecule has 124 valence electrons. The van der Waals surface area contributed by atoms with Gasteiger partial charge in [-0.1, -0.05) is 6.07 Å². The van der Waals surface area contributed by atoms with Gasteiger partial charge in [-0.3, -0.25) is 4.99 Å². The summed E-state index contributed by atoms with van der Waals surface area (Å²) < 4.78 is 50.0. The Morgan fingerprint density at radius 3 is 2.41 bits per heavy atom. The minimum Gasteiger partial charge on any atom is -0.375 e. The quantitative estimate of drug-likeness (QED) is 0.497. The molecule has 0 atom stereocenters. The second kappa shape index (κ2) is 7.86. The van der Waals surface area contributed by atoms with Crippen LogP contribution >= 0.6 is 0 Å². The van der Waals surface area contributed by atoms with Crippen molar-refractivity contribution in [3.63, 3.8) is 0 Å². The third-order valence-corrected chi connectivity index (χ3v) is 2.88. The number of nitrogens with one attached hydrogen (secondary N) is 2. The zero-order valence-electron chi connectivity index (χ0n) is 12.8. The summed E-state index contributed by atoms with van der Waals surface area (Å²) >= 11 is 0. The molecule has 1 aromatic carbocycles. The third kappa shape index (κ3) is 6.19. The van der Waals surface area contributed by atoms with Crippen LogP contribution in [0.25, 0.3) is 0 Å². The zero-order chi connectivity index (χ0) is 16.8. The van der Waals surface area contributed by atoms with Crippen molar-refractivity contribution in [1.29, 1.82) is 0 Å². The number of halogens is 4. The standard InChI is InChI=1S/C14H20F4N4/c1-19-13(20-7-6-14(16,17)18)21-9-10-4-5-12(22(2)3)11(15)8-10/h4-5,8H,6-7,9H2,1-3H3,(H2,19,20,21). The number of hydrogen-bond acceptors (Lipinski definition) is 2. The minimum absolute atomic E-state index is 0.237. The molecule has 0 fully saturated rings. The fourth-order valence-corrected chi connectivity index (χ4v) is 1.75. The lowest BCUT2D eigenvalue weighted by atomic mass is 10.2. The van der Waals surface area contributed by atoms with Gasteiger partial charge in [0.05, 0.1) is 12.1 Å². The highest BCUT2D eigenvalue weighted by Gasteiger charge is 2.26. The van der Waals surface area contributed by atoms with Crippen molar-refractivity contribution in [2.24, 2.45) is 4.99 Å². The van der Waals surface area contributed by atoms with Crippen molar-refractivity contribution >= 4 is 11.6 Å². The molecule has 0 saturated heterocycles. The summed E-state index contributed by atoms with van der Waals surface area (Å²) in [5, 5.41) is 5.40. The van der Waals surface area contributed by atoms with Crippen molar-refractivity contribution in [2.75, 3.05) is 32.6 Å². The number of anilines is 1. The van der Waals surface area contributed by atoms with Crippen LogP contribution in [0.1, 0.15) is 12.0 Å². The van der Waals surface area contributed by atoms with Crippen LogP contribution in [0.15, 0.2) is 23.2 Å². The van der Waals surface area contributed by atoms with Gasteiger partial charge in [0.1, 0.15) is 5.82 Å². The number of alkyl halides is 3. The molecule has 0 radical (unpaired) electrons. The second-order valence-electron chi connectivity index (χ2n) is 4.90. The minimum atomic E-state index is -4.21. The number of rotatable bonds is 5. The molecule has 0 aliphatic carbocycles. The lowest BCUT2D eigenvalue weighted by Crippen LogP contribution is -2.38. The molecule has 2 N–H and O–H groups in total. The molecule has 0 heterocycles. The first kappa shape index (κ1) is 18.1. The molecule has 0 saturated carbocycles. The van der Waals surface area contributed by atoms with Crippen molar-refractivity contribution in [2.45, 2.75) is 19.1 Å². The van der Waals surface area contributed by atoms with Crippen molar-refractivity contribution in [1.82, 2.24) is 10.6 Å². The molecule has 22 heavy (non-hydrogen) atoms. The van der Waals surface area contributed by atoms with Crippen LogP contribution in [-0.2, 0) is 6.54 Å². The average molecular weight is 320 g/mol. The van der Waals surface area contributed by atoms with Gasteiger partial charge in [-0.05, 0) is 17.7 Å². The van der Waals surface area contributed by atoms with E-state index in [2.05, 4.69) is 15.6 Å². The highest BCUT2D eigenvalue weighted by atomic mass is 19.4. The number of guanidine groups is 1. The van der Waals surface area contributed by atoms with E-state index in [1.54, 1.807) is 31.1 Å². The van der Waals surface area contributed by atoms with E-state index in [0.717, 1.165) is 0 Å². The number of aliphatic imine (C=N–C) groups is 1. The SMILES string of the molecule is CN=C(NCCC(F)(F)F)NCc1ccc(N(C)C)c(F)c1. The van der Waals surface area contributed by atoms with E-state index >= 15 is 0 Å². The Labute approximate surface area is 127 Å². The summed E-state index contributed by atoms with van der Waals surface area (Å²) in [6.07, 6.45) is -5.16. The lowest BCUT2D eigenvalue weighted by molar-refractivity contribution is -0.132. The Morgan fingerprint density at radius 2 is 1.91 bits per heavy atom. The maximum Gasteiger partial charge on any atom is 0.390 e. The maximum atomic E-state index is 13.8. The van der Waals surface area contributed by atoms with Crippen molar-refractivity contribution < 1.29 is 17.6 Å². The van der Waals surface area contributed by atoms with Gasteiger partial charge < -0.3 is 15.5 Å². The van der Waals surface area contributed by atoms with Crippen molar-refractivity contribution in [3.05, 3.63) is 29.6 Å². The number of hydrogen-bond donors (Lipinski definition) is 2. The normalized spacial score (nSPS) is 12.2. The first-order valence-corrected chi connectivity index (χ1v) is 6.70. The monoisotopic (exact) mass is 320 g/mol. The zero-order valence-corrected chi connectivity index (χ0v) is 12.8. The highest BCUT2D eigenvalue weighted by molar-refractivity contribution is 5.79. The molecular weight excluding hydrogens is 300 g/mol. The molecule has 1 aromatic rings. The molecule has 0 amide bonds. The molecule has 0 bridgehead atoms. The molecule has 0 aliphatic heterocycles. The van der Waals surface area contributed by atoms with Gasteiger partial charge in [0.15, 0.2) is 5.96 Å². The van der Waals surface area contributed by atoms with Gasteiger partial charge in [0, 0.05) is 34.2 Å². The molecule has 0 aromatic heterocycles. The smallest absolute Gasteiger partial charge is 0.375 e. The lowest BCUT2D eigenvalue weighted by Gasteiger charge is -2.15. The van der Waals surface area contributed by atoms with Gasteiger partial charge in [0.2, 0.25) is 0 Å². The summed E-state index contributed by atoms with van der Waals surface area (Å²) in [4.78, 5) is 5.47. The fraction of sp³-hybridized carbons (Fsp3) is 0.500. The second-order valence-corrected chi connectivity index (χ2v) is 4.90. The fourth-order valence-electron chi connectivity index (χ4n) is 1.75. The maximum absolute atomic E-state index is 13.8. The molecule has 4 nitrogen and oxygen atoms in total. The summed E-state index contributed by atoms with van der Waals surface area (Å²) in [5.74, 6) is -0.120. The molecule has 0 spiro atoms. The van der Waals surface area contributed by atoms with Crippen LogP contribution in [-0.4, -0.2) is 39.8 Å². The van der Waals surface area contributed by atoms with E-state index in [-0.39, 0.29) is 24.9 Å². The van der Waals surface area contributed by atoms with E-state index in [1.165, 1.54) is 13.1 Å². The number of benzene rings is 1. The predicted octanol–water partition coefficient (Wildman–Crippen LogP) is 2.51. The first-order valence-electron chi connectivity index (χ1n) is 6.70. The van der Waals surface area contributed by atoms with Crippen LogP contribution in [0.2, 0.25) is 0 Å². The summed E-state index contributed by atoms with van der Waals surface area (Å²) in [5.41, 5.74) is 1.14. The van der Waals surface area contributed by atoms with E-state index in [9.17, 15) is 17.6 Å². The largest absolute Gasteiger partial charge is 0.390 e. The topological polar surface area (TPSA) is 39.7 Å². The predicted molar refractivity (Wildman–Crippen MR) is 79.6 cm³/mol. The van der Waals surface area contributed by atoms with Gasteiger partial charge >= 0.3 is 6.18 Å². The Kier molecular flexibility index (Phi) is 6.45. The van der Waals surface area contributed by atoms with E-state index < -0.39 is 12.6 Å². The Bertz CT molecular complexity index is 512. The highest BCUT2D eigenvalue weighted by Crippen LogP contribution is 2.19. The van der Waals surface area contributed by atoms with E-state index in [4.69, 9.17) is 0 Å². The van der Waals surface area contributed by atoms with Crippen LogP contribution in [0.5, 0.6) is 0 Å². The van der Waals surface area contributed by atoms with Crippen LogP contribution < -0.4 is 15.5 Å². The average Bonchev–Trinajstić information content (AvgIpc) is 2.41. The van der Waals surface area contributed by atoms with Crippen LogP contribution in [0.4, 0.5) is 23.2 Å². The Balaban J connectivity index is 2.52. The summed E-state index contributed by atoms with van der Waals surface area (Å²) in [7, 11) is 4.93. The van der Waals surface area contributed by atoms with Crippen LogP contribution in [0.3, 0.4) is 0 Å². The van der Waals surface area contributed by atoms with E-state index in [0.29, 0.717) is 11.3 Å². The van der Waals surface area contributed by atoms with Crippen molar-refractivity contribution in [3.8, 4) is 0 Å². The van der Waals surface area contributed by atoms with Crippen LogP contribution in [0, 0.1) is 5.82 Å². The Morgan fingerprint density at radius 1 is 1.23 bits per heavy atom. The molecule has 0 unspecified atom stereocenters. The first-order chi connectivity index (χ1) is 10.2. The van der Waals surface area contributed by atoms with Gasteiger partial charge in [-0.25, -0.2) is 4.39 Å². The molecular formula is C14H20F4N4. The number of nitrogens with zero attached hydrogens (tertiary/aromatic N) is 2. The Hall–Kier alpha value is -1.99. The summed E-state index contributed by atoms with van der Waals surface area (Å²) in [6, 6.07) is 4.77.